The molecule has 0 bridgehead atoms. The standard InChI is InChI=1S/C11H17BrN2/c1-7(2)8(3)13-10-5-6-11(12)14-9(10)4/h5-8,13H,1-4H3. The summed E-state index contributed by atoms with van der Waals surface area (Å²) in [5.41, 5.74) is 2.15. The highest BCUT2D eigenvalue weighted by Crippen LogP contribution is 2.18. The predicted molar refractivity (Wildman–Crippen MR) is 64.6 cm³/mol. The van der Waals surface area contributed by atoms with Crippen LogP contribution in [-0.4, -0.2) is 11.0 Å². The van der Waals surface area contributed by atoms with E-state index in [1.54, 1.807) is 0 Å². The lowest BCUT2D eigenvalue weighted by molar-refractivity contribution is 0.559. The normalized spacial score (nSPS) is 13.0. The molecular formula is C11H17BrN2. The first-order valence-corrected chi connectivity index (χ1v) is 5.69. The molecule has 0 saturated heterocycles. The van der Waals surface area contributed by atoms with Gasteiger partial charge < -0.3 is 5.32 Å². The van der Waals surface area contributed by atoms with E-state index in [9.17, 15) is 0 Å². The third-order valence-corrected chi connectivity index (χ3v) is 2.88. The fourth-order valence-electron chi connectivity index (χ4n) is 1.09. The van der Waals surface area contributed by atoms with Gasteiger partial charge in [0.25, 0.3) is 0 Å². The van der Waals surface area contributed by atoms with Crippen molar-refractivity contribution < 1.29 is 0 Å². The van der Waals surface area contributed by atoms with Gasteiger partial charge in [0.05, 0.1) is 11.4 Å². The van der Waals surface area contributed by atoms with E-state index in [2.05, 4.69) is 53.1 Å². The van der Waals surface area contributed by atoms with Crippen LogP contribution in [0.25, 0.3) is 0 Å². The number of nitrogens with zero attached hydrogens (tertiary/aromatic N) is 1. The van der Waals surface area contributed by atoms with Gasteiger partial charge in [0, 0.05) is 6.04 Å². The molecule has 0 aliphatic heterocycles. The lowest BCUT2D eigenvalue weighted by atomic mass is 10.1. The average molecular weight is 257 g/mol. The van der Waals surface area contributed by atoms with Gasteiger partial charge in [-0.05, 0) is 47.8 Å². The Morgan fingerprint density at radius 2 is 1.93 bits per heavy atom. The molecule has 1 atom stereocenters. The summed E-state index contributed by atoms with van der Waals surface area (Å²) in [6, 6.07) is 4.49. The maximum Gasteiger partial charge on any atom is 0.106 e. The topological polar surface area (TPSA) is 24.9 Å². The number of aromatic nitrogens is 1. The summed E-state index contributed by atoms with van der Waals surface area (Å²) in [5, 5.41) is 3.45. The molecule has 0 spiro atoms. The molecule has 1 aromatic rings. The summed E-state index contributed by atoms with van der Waals surface area (Å²) >= 11 is 3.35. The zero-order valence-electron chi connectivity index (χ0n) is 9.13. The maximum atomic E-state index is 4.34. The van der Waals surface area contributed by atoms with Gasteiger partial charge >= 0.3 is 0 Å². The van der Waals surface area contributed by atoms with Crippen molar-refractivity contribution >= 4 is 21.6 Å². The minimum absolute atomic E-state index is 0.469. The van der Waals surface area contributed by atoms with Crippen molar-refractivity contribution in [2.75, 3.05) is 5.32 Å². The second-order valence-electron chi connectivity index (χ2n) is 3.94. The van der Waals surface area contributed by atoms with Crippen LogP contribution in [0.15, 0.2) is 16.7 Å². The van der Waals surface area contributed by atoms with Gasteiger partial charge in [-0.3, -0.25) is 0 Å². The van der Waals surface area contributed by atoms with Gasteiger partial charge in [0.2, 0.25) is 0 Å². The largest absolute Gasteiger partial charge is 0.381 e. The highest BCUT2D eigenvalue weighted by molar-refractivity contribution is 9.10. The van der Waals surface area contributed by atoms with Gasteiger partial charge in [0.15, 0.2) is 0 Å². The van der Waals surface area contributed by atoms with Crippen LogP contribution in [0.3, 0.4) is 0 Å². The third kappa shape index (κ3) is 2.98. The second-order valence-corrected chi connectivity index (χ2v) is 4.76. The molecule has 0 aromatic carbocycles. The first-order valence-electron chi connectivity index (χ1n) is 4.90. The smallest absolute Gasteiger partial charge is 0.106 e. The van der Waals surface area contributed by atoms with E-state index in [-0.39, 0.29) is 0 Å². The Balaban J connectivity index is 2.77. The maximum absolute atomic E-state index is 4.34. The molecule has 78 valence electrons. The van der Waals surface area contributed by atoms with Crippen LogP contribution in [0.1, 0.15) is 26.5 Å². The van der Waals surface area contributed by atoms with E-state index in [4.69, 9.17) is 0 Å². The van der Waals surface area contributed by atoms with E-state index in [1.807, 2.05) is 13.0 Å². The monoisotopic (exact) mass is 256 g/mol. The minimum Gasteiger partial charge on any atom is -0.381 e. The average Bonchev–Trinajstić information content (AvgIpc) is 2.09. The number of halogens is 1. The molecule has 0 aliphatic rings. The Kier molecular flexibility index (Phi) is 3.93. The number of pyridine rings is 1. The Morgan fingerprint density at radius 3 is 2.43 bits per heavy atom. The van der Waals surface area contributed by atoms with E-state index in [0.29, 0.717) is 12.0 Å². The summed E-state index contributed by atoms with van der Waals surface area (Å²) in [7, 11) is 0. The van der Waals surface area contributed by atoms with E-state index in [1.165, 1.54) is 0 Å². The zero-order chi connectivity index (χ0) is 10.7. The van der Waals surface area contributed by atoms with Gasteiger partial charge in [-0.25, -0.2) is 4.98 Å². The fourth-order valence-corrected chi connectivity index (χ4v) is 1.49. The van der Waals surface area contributed by atoms with E-state index >= 15 is 0 Å². The minimum atomic E-state index is 0.469. The highest BCUT2D eigenvalue weighted by Gasteiger charge is 2.08. The molecule has 1 rings (SSSR count). The molecule has 1 heterocycles. The van der Waals surface area contributed by atoms with Crippen molar-refractivity contribution in [3.8, 4) is 0 Å². The number of nitrogens with one attached hydrogen (secondary N) is 1. The van der Waals surface area contributed by atoms with Crippen molar-refractivity contribution in [1.29, 1.82) is 0 Å². The van der Waals surface area contributed by atoms with Gasteiger partial charge in [-0.2, -0.15) is 0 Å². The second kappa shape index (κ2) is 4.78. The van der Waals surface area contributed by atoms with Crippen molar-refractivity contribution in [3.05, 3.63) is 22.4 Å². The molecular weight excluding hydrogens is 240 g/mol. The van der Waals surface area contributed by atoms with Crippen LogP contribution in [0.4, 0.5) is 5.69 Å². The molecule has 1 N–H and O–H groups in total. The van der Waals surface area contributed by atoms with Crippen LogP contribution in [-0.2, 0) is 0 Å². The Morgan fingerprint density at radius 1 is 1.29 bits per heavy atom. The molecule has 0 radical (unpaired) electrons. The number of rotatable bonds is 3. The molecule has 0 amide bonds. The van der Waals surface area contributed by atoms with Crippen molar-refractivity contribution in [2.45, 2.75) is 33.7 Å². The molecule has 3 heteroatoms. The summed E-state index contributed by atoms with van der Waals surface area (Å²) in [6.07, 6.45) is 0. The van der Waals surface area contributed by atoms with E-state index < -0.39 is 0 Å². The van der Waals surface area contributed by atoms with Crippen molar-refractivity contribution in [2.24, 2.45) is 5.92 Å². The Hall–Kier alpha value is -0.570. The zero-order valence-corrected chi connectivity index (χ0v) is 10.7. The van der Waals surface area contributed by atoms with Crippen molar-refractivity contribution in [3.63, 3.8) is 0 Å². The number of hydrogen-bond donors (Lipinski definition) is 1. The summed E-state index contributed by atoms with van der Waals surface area (Å²) in [6.45, 7) is 8.62. The molecule has 14 heavy (non-hydrogen) atoms. The van der Waals surface area contributed by atoms with Crippen LogP contribution < -0.4 is 5.32 Å². The number of aryl methyl sites for hydroxylation is 1. The Labute approximate surface area is 94.3 Å². The van der Waals surface area contributed by atoms with Crippen LogP contribution in [0.2, 0.25) is 0 Å². The van der Waals surface area contributed by atoms with Crippen LogP contribution >= 0.6 is 15.9 Å². The SMILES string of the molecule is Cc1nc(Br)ccc1NC(C)C(C)C. The molecule has 0 fully saturated rings. The first-order chi connectivity index (χ1) is 6.50. The number of anilines is 1. The Bertz CT molecular complexity index is 310. The molecule has 0 aliphatic carbocycles. The highest BCUT2D eigenvalue weighted by atomic mass is 79.9. The van der Waals surface area contributed by atoms with Crippen molar-refractivity contribution in [1.82, 2.24) is 4.98 Å². The quantitative estimate of drug-likeness (QED) is 0.837. The van der Waals surface area contributed by atoms with Gasteiger partial charge in [-0.15, -0.1) is 0 Å². The summed E-state index contributed by atoms with van der Waals surface area (Å²) < 4.78 is 0.887. The van der Waals surface area contributed by atoms with Gasteiger partial charge in [-0.1, -0.05) is 13.8 Å². The molecule has 1 unspecified atom stereocenters. The lowest BCUT2D eigenvalue weighted by Crippen LogP contribution is -2.22. The summed E-state index contributed by atoms with van der Waals surface area (Å²) in [5.74, 6) is 0.623. The fraction of sp³-hybridized carbons (Fsp3) is 0.545. The number of hydrogen-bond acceptors (Lipinski definition) is 2. The molecule has 2 nitrogen and oxygen atoms in total. The summed E-state index contributed by atoms with van der Waals surface area (Å²) in [4.78, 5) is 4.34. The third-order valence-electron chi connectivity index (χ3n) is 2.44. The van der Waals surface area contributed by atoms with E-state index in [0.717, 1.165) is 16.0 Å². The van der Waals surface area contributed by atoms with Gasteiger partial charge in [0.1, 0.15) is 4.60 Å². The lowest BCUT2D eigenvalue weighted by Gasteiger charge is -2.19. The van der Waals surface area contributed by atoms with Crippen LogP contribution in [0, 0.1) is 12.8 Å². The first kappa shape index (κ1) is 11.5. The molecule has 0 saturated carbocycles. The predicted octanol–water partition coefficient (Wildman–Crippen LogP) is 3.61. The van der Waals surface area contributed by atoms with Crippen LogP contribution in [0.5, 0.6) is 0 Å². The molecule has 1 aromatic heterocycles.